The van der Waals surface area contributed by atoms with Crippen LogP contribution >= 0.6 is 23.2 Å². The zero-order chi connectivity index (χ0) is 24.1. The summed E-state index contributed by atoms with van der Waals surface area (Å²) in [6, 6.07) is 10.6. The molecule has 0 spiro atoms. The minimum absolute atomic E-state index is 0.0776. The standard InChI is InChI=1S/C14H18ClNO2.C10H12ClNO2/c1-3-11(17)9-8-10-6-5-7-12(15)14(10)16-13(18)4-2;1-2-9(14)12-10-7(6-13)4-3-5-8(10)11/h5-7H,3-4,8-9H2,1-2H3,(H,16,18);3-5,13H,2,6H2,1H3,(H,12,14). The number of aliphatic hydroxyl groups is 1. The Morgan fingerprint density at radius 1 is 0.781 bits per heavy atom. The molecule has 0 heterocycles. The molecule has 0 aliphatic rings. The molecule has 3 N–H and O–H groups in total. The number of amides is 2. The van der Waals surface area contributed by atoms with Gasteiger partial charge in [0.1, 0.15) is 5.78 Å². The number of anilines is 2. The number of rotatable bonds is 9. The zero-order valence-electron chi connectivity index (χ0n) is 18.6. The van der Waals surface area contributed by atoms with Gasteiger partial charge in [-0.15, -0.1) is 0 Å². The maximum atomic E-state index is 11.4. The van der Waals surface area contributed by atoms with Gasteiger partial charge >= 0.3 is 0 Å². The fourth-order valence-electron chi connectivity index (χ4n) is 2.66. The molecular formula is C24H30Cl2N2O4. The van der Waals surface area contributed by atoms with Gasteiger partial charge < -0.3 is 15.7 Å². The second-order valence-electron chi connectivity index (χ2n) is 6.90. The zero-order valence-corrected chi connectivity index (χ0v) is 20.1. The van der Waals surface area contributed by atoms with Gasteiger partial charge in [0.05, 0.1) is 28.0 Å². The van der Waals surface area contributed by atoms with E-state index in [0.717, 1.165) is 5.56 Å². The Balaban J connectivity index is 0.000000330. The summed E-state index contributed by atoms with van der Waals surface area (Å²) in [7, 11) is 0. The van der Waals surface area contributed by atoms with Crippen molar-refractivity contribution in [3.05, 3.63) is 57.6 Å². The average molecular weight is 481 g/mol. The Bertz CT molecular complexity index is 932. The van der Waals surface area contributed by atoms with Gasteiger partial charge in [0.2, 0.25) is 11.8 Å². The van der Waals surface area contributed by atoms with E-state index in [1.165, 1.54) is 0 Å². The number of ketones is 1. The molecule has 0 saturated carbocycles. The lowest BCUT2D eigenvalue weighted by molar-refractivity contribution is -0.119. The van der Waals surface area contributed by atoms with Crippen molar-refractivity contribution in [2.45, 2.75) is 59.5 Å². The van der Waals surface area contributed by atoms with Crippen molar-refractivity contribution in [1.29, 1.82) is 0 Å². The van der Waals surface area contributed by atoms with Crippen LogP contribution in [0.1, 0.15) is 57.6 Å². The number of benzene rings is 2. The summed E-state index contributed by atoms with van der Waals surface area (Å²) >= 11 is 12.0. The highest BCUT2D eigenvalue weighted by molar-refractivity contribution is 6.34. The molecule has 32 heavy (non-hydrogen) atoms. The maximum absolute atomic E-state index is 11.4. The van der Waals surface area contributed by atoms with Gasteiger partial charge in [0.25, 0.3) is 0 Å². The summed E-state index contributed by atoms with van der Waals surface area (Å²) < 4.78 is 0. The summed E-state index contributed by atoms with van der Waals surface area (Å²) in [5.74, 6) is 0.0155. The number of carbonyl (C=O) groups is 3. The molecule has 0 aliphatic heterocycles. The summed E-state index contributed by atoms with van der Waals surface area (Å²) in [5.41, 5.74) is 2.67. The van der Waals surface area contributed by atoms with Crippen LogP contribution in [0.3, 0.4) is 0 Å². The molecular weight excluding hydrogens is 451 g/mol. The van der Waals surface area contributed by atoms with E-state index in [1.807, 2.05) is 19.1 Å². The molecule has 2 aromatic rings. The predicted molar refractivity (Wildman–Crippen MR) is 130 cm³/mol. The van der Waals surface area contributed by atoms with Gasteiger partial charge in [0, 0.05) is 31.2 Å². The molecule has 0 saturated heterocycles. The molecule has 174 valence electrons. The molecule has 0 atom stereocenters. The highest BCUT2D eigenvalue weighted by atomic mass is 35.5. The first-order chi connectivity index (χ1) is 15.3. The molecule has 2 rings (SSSR count). The first-order valence-electron chi connectivity index (χ1n) is 10.5. The largest absolute Gasteiger partial charge is 0.392 e. The molecule has 2 amide bonds. The minimum Gasteiger partial charge on any atom is -0.392 e. The Hall–Kier alpha value is -2.41. The molecule has 8 heteroatoms. The number of Topliss-reactive ketones (excluding diaryl/α,β-unsaturated/α-hetero) is 1. The van der Waals surface area contributed by atoms with Crippen LogP contribution in [0.15, 0.2) is 36.4 Å². The van der Waals surface area contributed by atoms with Crippen molar-refractivity contribution in [1.82, 2.24) is 0 Å². The second-order valence-corrected chi connectivity index (χ2v) is 7.72. The van der Waals surface area contributed by atoms with E-state index in [1.54, 1.807) is 38.1 Å². The lowest BCUT2D eigenvalue weighted by atomic mass is 10.0. The topological polar surface area (TPSA) is 95.5 Å². The van der Waals surface area contributed by atoms with Crippen molar-refractivity contribution in [3.63, 3.8) is 0 Å². The lowest BCUT2D eigenvalue weighted by Crippen LogP contribution is -2.12. The number of hydrogen-bond donors (Lipinski definition) is 3. The predicted octanol–water partition coefficient (Wildman–Crippen LogP) is 5.78. The molecule has 0 unspecified atom stereocenters. The molecule has 0 aliphatic carbocycles. The van der Waals surface area contributed by atoms with E-state index in [0.29, 0.717) is 59.1 Å². The number of halogens is 2. The van der Waals surface area contributed by atoms with Gasteiger partial charge in [-0.25, -0.2) is 0 Å². The van der Waals surface area contributed by atoms with Crippen LogP contribution in [0, 0.1) is 0 Å². The fourth-order valence-corrected chi connectivity index (χ4v) is 3.15. The van der Waals surface area contributed by atoms with E-state index >= 15 is 0 Å². The van der Waals surface area contributed by atoms with Gasteiger partial charge in [-0.1, -0.05) is 68.2 Å². The molecule has 2 aromatic carbocycles. The quantitative estimate of drug-likeness (QED) is 0.423. The van der Waals surface area contributed by atoms with Crippen LogP contribution in [-0.2, 0) is 27.4 Å². The van der Waals surface area contributed by atoms with E-state index in [9.17, 15) is 14.4 Å². The van der Waals surface area contributed by atoms with Crippen LogP contribution in [0.25, 0.3) is 0 Å². The van der Waals surface area contributed by atoms with Crippen molar-refractivity contribution in [2.24, 2.45) is 0 Å². The summed E-state index contributed by atoms with van der Waals surface area (Å²) in [4.78, 5) is 33.9. The first-order valence-corrected chi connectivity index (χ1v) is 11.3. The SMILES string of the molecule is CCC(=O)CCc1cccc(Cl)c1NC(=O)CC.CCC(=O)Nc1c(Cl)cccc1CO. The van der Waals surface area contributed by atoms with E-state index in [2.05, 4.69) is 10.6 Å². The van der Waals surface area contributed by atoms with Gasteiger partial charge in [-0.2, -0.15) is 0 Å². The van der Waals surface area contributed by atoms with Crippen LogP contribution in [0.2, 0.25) is 10.0 Å². The van der Waals surface area contributed by atoms with Gasteiger partial charge in [-0.3, -0.25) is 14.4 Å². The number of aliphatic hydroxyl groups excluding tert-OH is 1. The summed E-state index contributed by atoms with van der Waals surface area (Å²) in [6.45, 7) is 5.25. The monoisotopic (exact) mass is 480 g/mol. The molecule has 0 bridgehead atoms. The number of nitrogens with one attached hydrogen (secondary N) is 2. The third-order valence-electron chi connectivity index (χ3n) is 4.61. The average Bonchev–Trinajstić information content (AvgIpc) is 2.80. The smallest absolute Gasteiger partial charge is 0.224 e. The van der Waals surface area contributed by atoms with Crippen LogP contribution in [0.4, 0.5) is 11.4 Å². The normalized spacial score (nSPS) is 10.1. The van der Waals surface area contributed by atoms with Gasteiger partial charge in [0.15, 0.2) is 0 Å². The number of carbonyl (C=O) groups excluding carboxylic acids is 3. The van der Waals surface area contributed by atoms with Gasteiger partial charge in [-0.05, 0) is 24.1 Å². The molecule has 6 nitrogen and oxygen atoms in total. The Labute approximate surface area is 199 Å². The molecule has 0 radical (unpaired) electrons. The van der Waals surface area contributed by atoms with Crippen LogP contribution < -0.4 is 10.6 Å². The Morgan fingerprint density at radius 2 is 1.25 bits per heavy atom. The van der Waals surface area contributed by atoms with Crippen molar-refractivity contribution in [3.8, 4) is 0 Å². The van der Waals surface area contributed by atoms with Crippen molar-refractivity contribution >= 4 is 52.2 Å². The number of hydrogen-bond acceptors (Lipinski definition) is 4. The Kier molecular flexibility index (Phi) is 12.6. The van der Waals surface area contributed by atoms with Crippen molar-refractivity contribution < 1.29 is 19.5 Å². The summed E-state index contributed by atoms with van der Waals surface area (Å²) in [6.07, 6.45) is 2.41. The highest BCUT2D eigenvalue weighted by Crippen LogP contribution is 2.27. The van der Waals surface area contributed by atoms with E-state index < -0.39 is 0 Å². The maximum Gasteiger partial charge on any atom is 0.224 e. The lowest BCUT2D eigenvalue weighted by Gasteiger charge is -2.12. The molecule has 0 aromatic heterocycles. The minimum atomic E-state index is -0.139. The summed E-state index contributed by atoms with van der Waals surface area (Å²) in [5, 5.41) is 15.4. The second kappa shape index (κ2) is 14.6. The van der Waals surface area contributed by atoms with Crippen LogP contribution in [0.5, 0.6) is 0 Å². The molecule has 0 fully saturated rings. The van der Waals surface area contributed by atoms with Crippen LogP contribution in [-0.4, -0.2) is 22.7 Å². The third kappa shape index (κ3) is 8.99. The third-order valence-corrected chi connectivity index (χ3v) is 5.24. The van der Waals surface area contributed by atoms with Crippen molar-refractivity contribution in [2.75, 3.05) is 10.6 Å². The first kappa shape index (κ1) is 27.6. The number of para-hydroxylation sites is 2. The van der Waals surface area contributed by atoms with E-state index in [4.69, 9.17) is 28.3 Å². The van der Waals surface area contributed by atoms with E-state index in [-0.39, 0.29) is 24.2 Å². The number of aryl methyl sites for hydroxylation is 1. The highest BCUT2D eigenvalue weighted by Gasteiger charge is 2.11. The Morgan fingerprint density at radius 3 is 1.69 bits per heavy atom. The fraction of sp³-hybridized carbons (Fsp3) is 0.375.